The molecule has 0 amide bonds. The molecule has 1 aliphatic heterocycles. The van der Waals surface area contributed by atoms with Gasteiger partial charge in [-0.2, -0.15) is 0 Å². The zero-order chi connectivity index (χ0) is 18.6. The highest BCUT2D eigenvalue weighted by Gasteiger charge is 2.19. The quantitative estimate of drug-likeness (QED) is 0.693. The fourth-order valence-electron chi connectivity index (χ4n) is 3.51. The predicted octanol–water partition coefficient (Wildman–Crippen LogP) is 1.79. The molecule has 0 bridgehead atoms. The van der Waals surface area contributed by atoms with Crippen LogP contribution in [0.1, 0.15) is 0 Å². The van der Waals surface area contributed by atoms with Crippen molar-refractivity contribution in [2.24, 2.45) is 0 Å². The maximum absolute atomic E-state index is 12.5. The van der Waals surface area contributed by atoms with E-state index in [1.165, 1.54) is 16.6 Å². The second kappa shape index (κ2) is 7.72. The Morgan fingerprint density at radius 3 is 2.37 bits per heavy atom. The van der Waals surface area contributed by atoms with E-state index < -0.39 is 0 Å². The average Bonchev–Trinajstić information content (AvgIpc) is 2.71. The van der Waals surface area contributed by atoms with E-state index in [9.17, 15) is 9.59 Å². The van der Waals surface area contributed by atoms with Gasteiger partial charge in [-0.15, -0.1) is 0 Å². The third kappa shape index (κ3) is 3.90. The summed E-state index contributed by atoms with van der Waals surface area (Å²) in [6.07, 6.45) is 1.47. The molecule has 0 unspecified atom stereocenters. The fourth-order valence-corrected chi connectivity index (χ4v) is 3.51. The molecular formula is C21H22N4O2. The van der Waals surface area contributed by atoms with Crippen LogP contribution in [0, 0.1) is 0 Å². The molecule has 138 valence electrons. The SMILES string of the molecule is O=C(CN1CCN(c2ccccc2)CC1)Cn1cnc2ccccc2c1=O. The lowest BCUT2D eigenvalue weighted by Gasteiger charge is -2.35. The average molecular weight is 362 g/mol. The summed E-state index contributed by atoms with van der Waals surface area (Å²) in [5.41, 5.74) is 1.71. The summed E-state index contributed by atoms with van der Waals surface area (Å²) in [7, 11) is 0. The standard InChI is InChI=1S/C21H22N4O2/c26-18(15-25-16-22-20-9-5-4-8-19(20)21(25)27)14-23-10-12-24(13-11-23)17-6-2-1-3-7-17/h1-9,16H,10-15H2. The van der Waals surface area contributed by atoms with Gasteiger partial charge in [-0.05, 0) is 24.3 Å². The molecule has 1 saturated heterocycles. The molecule has 0 N–H and O–H groups in total. The number of Topliss-reactive ketones (excluding diaryl/α,β-unsaturated/α-hetero) is 1. The first-order chi connectivity index (χ1) is 13.2. The number of ketones is 1. The largest absolute Gasteiger partial charge is 0.369 e. The number of benzene rings is 2. The Morgan fingerprint density at radius 2 is 1.59 bits per heavy atom. The van der Waals surface area contributed by atoms with Gasteiger partial charge in [-0.25, -0.2) is 4.98 Å². The van der Waals surface area contributed by atoms with Gasteiger partial charge < -0.3 is 4.90 Å². The van der Waals surface area contributed by atoms with Crippen LogP contribution in [-0.4, -0.2) is 53.0 Å². The number of carbonyl (C=O) groups is 1. The summed E-state index contributed by atoms with van der Waals surface area (Å²) in [6.45, 7) is 3.90. The Morgan fingerprint density at radius 1 is 0.889 bits per heavy atom. The molecule has 0 atom stereocenters. The van der Waals surface area contributed by atoms with Crippen LogP contribution in [0.2, 0.25) is 0 Å². The van der Waals surface area contributed by atoms with Gasteiger partial charge in [0.15, 0.2) is 5.78 Å². The van der Waals surface area contributed by atoms with Crippen LogP contribution in [-0.2, 0) is 11.3 Å². The van der Waals surface area contributed by atoms with Crippen LogP contribution in [0.3, 0.4) is 0 Å². The summed E-state index contributed by atoms with van der Waals surface area (Å²) in [6, 6.07) is 17.5. The van der Waals surface area contributed by atoms with Crippen molar-refractivity contribution >= 4 is 22.4 Å². The van der Waals surface area contributed by atoms with Crippen molar-refractivity contribution in [1.29, 1.82) is 0 Å². The Bertz CT molecular complexity index is 992. The van der Waals surface area contributed by atoms with Crippen molar-refractivity contribution < 1.29 is 4.79 Å². The molecule has 0 spiro atoms. The lowest BCUT2D eigenvalue weighted by molar-refractivity contribution is -0.120. The summed E-state index contributed by atoms with van der Waals surface area (Å²) in [5.74, 6) is 0.0299. The fraction of sp³-hybridized carbons (Fsp3) is 0.286. The molecule has 4 rings (SSSR count). The zero-order valence-electron chi connectivity index (χ0n) is 15.1. The minimum atomic E-state index is -0.164. The van der Waals surface area contributed by atoms with E-state index in [-0.39, 0.29) is 17.9 Å². The molecule has 0 aliphatic carbocycles. The maximum Gasteiger partial charge on any atom is 0.261 e. The van der Waals surface area contributed by atoms with Crippen LogP contribution in [0.5, 0.6) is 0 Å². The zero-order valence-corrected chi connectivity index (χ0v) is 15.1. The molecule has 27 heavy (non-hydrogen) atoms. The maximum atomic E-state index is 12.5. The molecule has 2 aromatic carbocycles. The van der Waals surface area contributed by atoms with Gasteiger partial charge in [0.2, 0.25) is 0 Å². The number of rotatable bonds is 5. The van der Waals surface area contributed by atoms with E-state index in [1.54, 1.807) is 12.1 Å². The molecule has 0 saturated carbocycles. The molecule has 1 fully saturated rings. The van der Waals surface area contributed by atoms with Gasteiger partial charge >= 0.3 is 0 Å². The first-order valence-electron chi connectivity index (χ1n) is 9.19. The highest BCUT2D eigenvalue weighted by atomic mass is 16.1. The van der Waals surface area contributed by atoms with Crippen molar-refractivity contribution in [1.82, 2.24) is 14.5 Å². The Labute approximate surface area is 157 Å². The smallest absolute Gasteiger partial charge is 0.261 e. The van der Waals surface area contributed by atoms with Crippen LogP contribution in [0.25, 0.3) is 10.9 Å². The van der Waals surface area contributed by atoms with E-state index in [4.69, 9.17) is 0 Å². The van der Waals surface area contributed by atoms with Gasteiger partial charge in [0, 0.05) is 31.9 Å². The highest BCUT2D eigenvalue weighted by molar-refractivity contribution is 5.81. The number of anilines is 1. The molecule has 6 nitrogen and oxygen atoms in total. The first kappa shape index (κ1) is 17.4. The van der Waals surface area contributed by atoms with Crippen LogP contribution in [0.4, 0.5) is 5.69 Å². The Balaban J connectivity index is 1.35. The van der Waals surface area contributed by atoms with E-state index >= 15 is 0 Å². The Hall–Kier alpha value is -2.99. The van der Waals surface area contributed by atoms with E-state index in [1.807, 2.05) is 30.3 Å². The van der Waals surface area contributed by atoms with Gasteiger partial charge in [0.05, 0.1) is 30.3 Å². The minimum absolute atomic E-state index is 0.0299. The van der Waals surface area contributed by atoms with Gasteiger partial charge in [-0.1, -0.05) is 30.3 Å². The molecule has 1 aliphatic rings. The molecule has 6 heteroatoms. The summed E-state index contributed by atoms with van der Waals surface area (Å²) >= 11 is 0. The number of hydrogen-bond acceptors (Lipinski definition) is 5. The predicted molar refractivity (Wildman–Crippen MR) is 106 cm³/mol. The molecule has 3 aromatic rings. The van der Waals surface area contributed by atoms with Crippen LogP contribution in [0.15, 0.2) is 65.7 Å². The van der Waals surface area contributed by atoms with Crippen molar-refractivity contribution in [2.45, 2.75) is 6.54 Å². The van der Waals surface area contributed by atoms with Crippen molar-refractivity contribution in [3.05, 3.63) is 71.3 Å². The number of carbonyl (C=O) groups excluding carboxylic acids is 1. The first-order valence-corrected chi connectivity index (χ1v) is 9.19. The number of aromatic nitrogens is 2. The third-order valence-electron chi connectivity index (χ3n) is 4.97. The topological polar surface area (TPSA) is 58.4 Å². The number of piperazine rings is 1. The number of nitrogens with zero attached hydrogens (tertiary/aromatic N) is 4. The van der Waals surface area contributed by atoms with Crippen molar-refractivity contribution in [3.8, 4) is 0 Å². The second-order valence-corrected chi connectivity index (χ2v) is 6.83. The molecule has 0 radical (unpaired) electrons. The van der Waals surface area contributed by atoms with E-state index in [0.717, 1.165) is 26.2 Å². The monoisotopic (exact) mass is 362 g/mol. The third-order valence-corrected chi connectivity index (χ3v) is 4.97. The number of fused-ring (bicyclic) bond motifs is 1. The molecular weight excluding hydrogens is 340 g/mol. The summed E-state index contributed by atoms with van der Waals surface area (Å²) < 4.78 is 1.41. The van der Waals surface area contributed by atoms with E-state index in [2.05, 4.69) is 26.9 Å². The number of hydrogen-bond donors (Lipinski definition) is 0. The summed E-state index contributed by atoms with van der Waals surface area (Å²) in [5, 5.41) is 0.546. The van der Waals surface area contributed by atoms with Gasteiger partial charge in [0.25, 0.3) is 5.56 Å². The lowest BCUT2D eigenvalue weighted by Crippen LogP contribution is -2.48. The lowest BCUT2D eigenvalue weighted by atomic mass is 10.2. The van der Waals surface area contributed by atoms with Crippen molar-refractivity contribution in [3.63, 3.8) is 0 Å². The van der Waals surface area contributed by atoms with E-state index in [0.29, 0.717) is 17.4 Å². The second-order valence-electron chi connectivity index (χ2n) is 6.83. The van der Waals surface area contributed by atoms with Gasteiger partial charge in [-0.3, -0.25) is 19.1 Å². The van der Waals surface area contributed by atoms with Crippen LogP contribution < -0.4 is 10.5 Å². The normalized spacial score (nSPS) is 15.2. The van der Waals surface area contributed by atoms with Crippen molar-refractivity contribution in [2.75, 3.05) is 37.6 Å². The van der Waals surface area contributed by atoms with Crippen LogP contribution >= 0.6 is 0 Å². The minimum Gasteiger partial charge on any atom is -0.369 e. The number of para-hydroxylation sites is 2. The molecule has 2 heterocycles. The van der Waals surface area contributed by atoms with Gasteiger partial charge in [0.1, 0.15) is 0 Å². The molecule has 1 aromatic heterocycles. The Kier molecular flexibility index (Phi) is 4.98. The summed E-state index contributed by atoms with van der Waals surface area (Å²) in [4.78, 5) is 33.7. The highest BCUT2D eigenvalue weighted by Crippen LogP contribution is 2.15.